The highest BCUT2D eigenvalue weighted by atomic mass is 35.5. The van der Waals surface area contributed by atoms with Crippen molar-refractivity contribution in [1.29, 1.82) is 0 Å². The maximum absolute atomic E-state index is 11.8. The quantitative estimate of drug-likeness (QED) is 0.869. The zero-order valence-electron chi connectivity index (χ0n) is 8.33. The Hall–Kier alpha value is -0.250. The zero-order valence-corrected chi connectivity index (χ0v) is 11.5. The third-order valence-corrected chi connectivity index (χ3v) is 5.04. The van der Waals surface area contributed by atoms with Crippen LogP contribution in [0, 0.1) is 12.3 Å². The van der Waals surface area contributed by atoms with E-state index in [0.29, 0.717) is 10.8 Å². The van der Waals surface area contributed by atoms with Gasteiger partial charge in [0.05, 0.1) is 4.34 Å². The Morgan fingerprint density at radius 1 is 1.62 bits per heavy atom. The van der Waals surface area contributed by atoms with Crippen LogP contribution in [-0.2, 0) is 10.0 Å². The van der Waals surface area contributed by atoms with Crippen molar-refractivity contribution >= 4 is 44.6 Å². The molecule has 7 heteroatoms. The van der Waals surface area contributed by atoms with Crippen LogP contribution in [0.2, 0.25) is 8.67 Å². The highest BCUT2D eigenvalue weighted by Crippen LogP contribution is 2.34. The fraction of sp³-hybridized carbons (Fsp3) is 0.333. The first kappa shape index (κ1) is 13.8. The Morgan fingerprint density at radius 3 is 2.69 bits per heavy atom. The van der Waals surface area contributed by atoms with Gasteiger partial charge in [0.25, 0.3) is 0 Å². The zero-order chi connectivity index (χ0) is 12.3. The van der Waals surface area contributed by atoms with Crippen molar-refractivity contribution in [2.24, 2.45) is 0 Å². The van der Waals surface area contributed by atoms with Gasteiger partial charge in [0.15, 0.2) is 0 Å². The summed E-state index contributed by atoms with van der Waals surface area (Å²) in [6, 6.07) is 0.976. The lowest BCUT2D eigenvalue weighted by molar-refractivity contribution is 0.564. The number of hydrogen-bond donors (Lipinski definition) is 1. The minimum atomic E-state index is -3.64. The van der Waals surface area contributed by atoms with Crippen molar-refractivity contribution < 1.29 is 8.42 Å². The van der Waals surface area contributed by atoms with E-state index in [1.807, 2.05) is 0 Å². The van der Waals surface area contributed by atoms with Gasteiger partial charge >= 0.3 is 0 Å². The normalized spacial score (nSPS) is 13.4. The molecule has 3 nitrogen and oxygen atoms in total. The summed E-state index contributed by atoms with van der Waals surface area (Å²) in [7, 11) is -3.64. The summed E-state index contributed by atoms with van der Waals surface area (Å²) in [4.78, 5) is -0.00645. The first-order valence-corrected chi connectivity index (χ1v) is 7.33. The Balaban J connectivity index is 2.95. The average molecular weight is 298 g/mol. The van der Waals surface area contributed by atoms with Crippen molar-refractivity contribution in [1.82, 2.24) is 4.72 Å². The maximum Gasteiger partial charge on any atom is 0.243 e. The van der Waals surface area contributed by atoms with Crippen LogP contribution < -0.4 is 4.72 Å². The van der Waals surface area contributed by atoms with Gasteiger partial charge in [0, 0.05) is 12.5 Å². The Kier molecular flexibility index (Phi) is 4.65. The second-order valence-electron chi connectivity index (χ2n) is 3.12. The van der Waals surface area contributed by atoms with Gasteiger partial charge in [-0.3, -0.25) is 0 Å². The van der Waals surface area contributed by atoms with E-state index >= 15 is 0 Å². The molecule has 0 aromatic carbocycles. The van der Waals surface area contributed by atoms with Crippen LogP contribution >= 0.6 is 34.5 Å². The lowest BCUT2D eigenvalue weighted by Gasteiger charge is -2.10. The number of thiophene rings is 1. The molecule has 0 radical (unpaired) electrons. The molecule has 0 amide bonds. The molecule has 0 spiro atoms. The van der Waals surface area contributed by atoms with Crippen LogP contribution in [0.25, 0.3) is 0 Å². The molecular weight excluding hydrogens is 289 g/mol. The first-order chi connectivity index (χ1) is 7.36. The summed E-state index contributed by atoms with van der Waals surface area (Å²) in [6.07, 6.45) is 5.41. The number of halogens is 2. The second-order valence-corrected chi connectivity index (χ2v) is 7.09. The van der Waals surface area contributed by atoms with E-state index in [1.165, 1.54) is 6.07 Å². The van der Waals surface area contributed by atoms with E-state index in [-0.39, 0.29) is 15.3 Å². The summed E-state index contributed by atoms with van der Waals surface area (Å²) in [5.74, 6) is 2.38. The average Bonchev–Trinajstić information content (AvgIpc) is 2.45. The minimum Gasteiger partial charge on any atom is -0.207 e. The molecule has 0 fully saturated rings. The lowest BCUT2D eigenvalue weighted by Crippen LogP contribution is -2.32. The fourth-order valence-electron chi connectivity index (χ4n) is 1.06. The third kappa shape index (κ3) is 3.37. The molecular formula is C9H9Cl2NO2S2. The van der Waals surface area contributed by atoms with Crippen molar-refractivity contribution in [3.8, 4) is 12.3 Å². The Morgan fingerprint density at radius 2 is 2.25 bits per heavy atom. The van der Waals surface area contributed by atoms with E-state index in [2.05, 4.69) is 10.6 Å². The molecule has 1 heterocycles. The van der Waals surface area contributed by atoms with E-state index in [0.717, 1.165) is 11.3 Å². The fourth-order valence-corrected chi connectivity index (χ4v) is 4.45. The van der Waals surface area contributed by atoms with Crippen LogP contribution in [0.15, 0.2) is 11.0 Å². The topological polar surface area (TPSA) is 46.2 Å². The minimum absolute atomic E-state index is 0.00645. The molecule has 88 valence electrons. The molecule has 1 aromatic rings. The van der Waals surface area contributed by atoms with E-state index < -0.39 is 10.0 Å². The van der Waals surface area contributed by atoms with E-state index in [1.54, 1.807) is 6.92 Å². The van der Waals surface area contributed by atoms with Crippen LogP contribution in [0.1, 0.15) is 13.3 Å². The van der Waals surface area contributed by atoms with Crippen LogP contribution in [0.4, 0.5) is 0 Å². The number of nitrogens with one attached hydrogen (secondary N) is 1. The van der Waals surface area contributed by atoms with Crippen LogP contribution in [0.3, 0.4) is 0 Å². The lowest BCUT2D eigenvalue weighted by atomic mass is 10.3. The predicted octanol–water partition coefficient (Wildman–Crippen LogP) is 2.75. The molecule has 1 rings (SSSR count). The molecule has 0 aliphatic rings. The molecule has 0 saturated heterocycles. The van der Waals surface area contributed by atoms with E-state index in [9.17, 15) is 8.42 Å². The number of rotatable bonds is 4. The second kappa shape index (κ2) is 5.39. The highest BCUT2D eigenvalue weighted by Gasteiger charge is 2.22. The van der Waals surface area contributed by atoms with Gasteiger partial charge in [-0.15, -0.1) is 23.7 Å². The molecule has 1 unspecified atom stereocenters. The largest absolute Gasteiger partial charge is 0.243 e. The van der Waals surface area contributed by atoms with Crippen molar-refractivity contribution in [2.75, 3.05) is 0 Å². The Labute approximate surface area is 109 Å². The number of hydrogen-bond acceptors (Lipinski definition) is 3. The summed E-state index contributed by atoms with van der Waals surface area (Å²) >= 11 is 12.5. The number of sulfonamides is 1. The molecule has 16 heavy (non-hydrogen) atoms. The molecule has 1 N–H and O–H groups in total. The third-order valence-electron chi connectivity index (χ3n) is 1.70. The highest BCUT2D eigenvalue weighted by molar-refractivity contribution is 7.89. The summed E-state index contributed by atoms with van der Waals surface area (Å²) < 4.78 is 26.6. The van der Waals surface area contributed by atoms with Gasteiger partial charge < -0.3 is 0 Å². The van der Waals surface area contributed by atoms with Crippen molar-refractivity contribution in [3.63, 3.8) is 0 Å². The number of terminal acetylenes is 1. The maximum atomic E-state index is 11.8. The van der Waals surface area contributed by atoms with E-state index in [4.69, 9.17) is 29.6 Å². The molecule has 0 saturated carbocycles. The van der Waals surface area contributed by atoms with Crippen molar-refractivity contribution in [3.05, 3.63) is 14.7 Å². The van der Waals surface area contributed by atoms with Crippen LogP contribution in [-0.4, -0.2) is 14.5 Å². The monoisotopic (exact) mass is 297 g/mol. The van der Waals surface area contributed by atoms with Gasteiger partial charge in [-0.05, 0) is 13.0 Å². The van der Waals surface area contributed by atoms with Gasteiger partial charge in [-0.1, -0.05) is 23.2 Å². The summed E-state index contributed by atoms with van der Waals surface area (Å²) in [6.45, 7) is 1.68. The van der Waals surface area contributed by atoms with Gasteiger partial charge in [0.2, 0.25) is 10.0 Å². The molecule has 0 aliphatic carbocycles. The van der Waals surface area contributed by atoms with Gasteiger partial charge in [0.1, 0.15) is 9.23 Å². The smallest absolute Gasteiger partial charge is 0.207 e. The summed E-state index contributed by atoms with van der Waals surface area (Å²) in [5.41, 5.74) is 0. The predicted molar refractivity (Wildman–Crippen MR) is 67.6 cm³/mol. The molecule has 0 bridgehead atoms. The molecule has 1 aromatic heterocycles. The SMILES string of the molecule is C#CCC(C)NS(=O)(=O)c1cc(Cl)sc1Cl. The van der Waals surface area contributed by atoms with Crippen LogP contribution in [0.5, 0.6) is 0 Å². The van der Waals surface area contributed by atoms with Gasteiger partial charge in [-0.25, -0.2) is 13.1 Å². The summed E-state index contributed by atoms with van der Waals surface area (Å²) in [5, 5.41) is 0. The molecule has 0 aliphatic heterocycles. The molecule has 1 atom stereocenters. The van der Waals surface area contributed by atoms with Crippen molar-refractivity contribution in [2.45, 2.75) is 24.3 Å². The Bertz CT molecular complexity index is 516. The standard InChI is InChI=1S/C9H9Cl2NO2S2/c1-3-4-6(2)12-16(13,14)7-5-8(10)15-9(7)11/h1,5-6,12H,4H2,2H3. The van der Waals surface area contributed by atoms with Gasteiger partial charge in [-0.2, -0.15) is 0 Å². The first-order valence-electron chi connectivity index (χ1n) is 4.27.